The van der Waals surface area contributed by atoms with Gasteiger partial charge in [-0.05, 0) is 43.9 Å². The normalized spacial score (nSPS) is 28.2. The number of hydrogen-bond donors (Lipinski definition) is 1. The lowest BCUT2D eigenvalue weighted by molar-refractivity contribution is 0.128. The molecule has 0 atom stereocenters. The first-order valence-corrected chi connectivity index (χ1v) is 9.55. The lowest BCUT2D eigenvalue weighted by Gasteiger charge is -2.45. The molecule has 1 fully saturated rings. The van der Waals surface area contributed by atoms with Gasteiger partial charge in [-0.2, -0.15) is 4.31 Å². The molecule has 0 saturated heterocycles. The third-order valence-corrected chi connectivity index (χ3v) is 7.01. The van der Waals surface area contributed by atoms with Crippen LogP contribution in [0.5, 0.6) is 0 Å². The van der Waals surface area contributed by atoms with E-state index in [2.05, 4.69) is 20.8 Å². The summed E-state index contributed by atoms with van der Waals surface area (Å²) < 4.78 is 26.6. The lowest BCUT2D eigenvalue weighted by atomic mass is 9.75. The molecule has 1 rings (SSSR count). The van der Waals surface area contributed by atoms with E-state index in [9.17, 15) is 8.42 Å². The molecule has 0 spiro atoms. The number of nitrogens with zero attached hydrogens (tertiary/aromatic N) is 1. The topological polar surface area (TPSA) is 63.4 Å². The van der Waals surface area contributed by atoms with Crippen molar-refractivity contribution in [2.45, 2.75) is 64.8 Å². The SMILES string of the molecule is CCC1CCC(CN)(N(C)S(=O)(=O)CCC(C)C)CC1. The zero-order valence-electron chi connectivity index (χ0n) is 13.6. The van der Waals surface area contributed by atoms with E-state index >= 15 is 0 Å². The fraction of sp³-hybridized carbons (Fsp3) is 1.00. The van der Waals surface area contributed by atoms with E-state index in [0.717, 1.165) is 31.6 Å². The van der Waals surface area contributed by atoms with Gasteiger partial charge in [-0.1, -0.05) is 27.2 Å². The van der Waals surface area contributed by atoms with E-state index in [4.69, 9.17) is 5.73 Å². The van der Waals surface area contributed by atoms with E-state index in [1.165, 1.54) is 6.42 Å². The van der Waals surface area contributed by atoms with Crippen molar-refractivity contribution in [3.05, 3.63) is 0 Å². The predicted molar refractivity (Wildman–Crippen MR) is 85.0 cm³/mol. The van der Waals surface area contributed by atoms with Crippen molar-refractivity contribution in [2.75, 3.05) is 19.3 Å². The van der Waals surface area contributed by atoms with Crippen molar-refractivity contribution in [1.29, 1.82) is 0 Å². The second-order valence-electron chi connectivity index (χ2n) is 6.75. The van der Waals surface area contributed by atoms with Gasteiger partial charge in [0.05, 0.1) is 5.75 Å². The van der Waals surface area contributed by atoms with Gasteiger partial charge in [-0.15, -0.1) is 0 Å². The zero-order valence-corrected chi connectivity index (χ0v) is 14.4. The highest BCUT2D eigenvalue weighted by Gasteiger charge is 2.42. The average Bonchev–Trinajstić information content (AvgIpc) is 2.44. The van der Waals surface area contributed by atoms with Gasteiger partial charge in [0.1, 0.15) is 0 Å². The highest BCUT2D eigenvalue weighted by Crippen LogP contribution is 2.38. The first-order chi connectivity index (χ1) is 9.27. The number of sulfonamides is 1. The molecule has 4 nitrogen and oxygen atoms in total. The van der Waals surface area contributed by atoms with Crippen LogP contribution >= 0.6 is 0 Å². The lowest BCUT2D eigenvalue weighted by Crippen LogP contribution is -2.56. The molecule has 0 heterocycles. The molecule has 2 N–H and O–H groups in total. The van der Waals surface area contributed by atoms with Crippen LogP contribution in [0.1, 0.15) is 59.3 Å². The summed E-state index contributed by atoms with van der Waals surface area (Å²) in [4.78, 5) is 0. The molecule has 120 valence electrons. The minimum atomic E-state index is -3.20. The van der Waals surface area contributed by atoms with Crippen LogP contribution < -0.4 is 5.73 Å². The van der Waals surface area contributed by atoms with E-state index in [0.29, 0.717) is 18.9 Å². The number of hydrogen-bond acceptors (Lipinski definition) is 3. The first-order valence-electron chi connectivity index (χ1n) is 7.94. The first kappa shape index (κ1) is 17.9. The third kappa shape index (κ3) is 4.18. The molecule has 20 heavy (non-hydrogen) atoms. The molecule has 0 aromatic rings. The monoisotopic (exact) mass is 304 g/mol. The Balaban J connectivity index is 2.78. The molecule has 0 bridgehead atoms. The summed E-state index contributed by atoms with van der Waals surface area (Å²) in [6.45, 7) is 6.76. The summed E-state index contributed by atoms with van der Waals surface area (Å²) in [7, 11) is -1.47. The largest absolute Gasteiger partial charge is 0.329 e. The van der Waals surface area contributed by atoms with Crippen LogP contribution in [0, 0.1) is 11.8 Å². The zero-order chi connectivity index (χ0) is 15.4. The Bertz CT molecular complexity index is 385. The Morgan fingerprint density at radius 3 is 2.25 bits per heavy atom. The van der Waals surface area contributed by atoms with Gasteiger partial charge in [0, 0.05) is 19.1 Å². The summed E-state index contributed by atoms with van der Waals surface area (Å²) >= 11 is 0. The summed E-state index contributed by atoms with van der Waals surface area (Å²) in [5, 5.41) is 0. The molecule has 0 radical (unpaired) electrons. The van der Waals surface area contributed by atoms with E-state index < -0.39 is 10.0 Å². The molecule has 0 aromatic carbocycles. The molecule has 0 aromatic heterocycles. The Kier molecular flexibility index (Phi) is 6.48. The van der Waals surface area contributed by atoms with Crippen LogP contribution in [0.3, 0.4) is 0 Å². The van der Waals surface area contributed by atoms with Crippen molar-refractivity contribution >= 4 is 10.0 Å². The minimum absolute atomic E-state index is 0.236. The van der Waals surface area contributed by atoms with Gasteiger partial charge < -0.3 is 5.73 Å². The van der Waals surface area contributed by atoms with Crippen molar-refractivity contribution in [2.24, 2.45) is 17.6 Å². The van der Waals surface area contributed by atoms with Crippen LogP contribution in [0.2, 0.25) is 0 Å². The Morgan fingerprint density at radius 1 is 1.30 bits per heavy atom. The highest BCUT2D eigenvalue weighted by atomic mass is 32.2. The van der Waals surface area contributed by atoms with E-state index in [-0.39, 0.29) is 11.3 Å². The smallest absolute Gasteiger partial charge is 0.214 e. The van der Waals surface area contributed by atoms with Crippen LogP contribution in [-0.2, 0) is 10.0 Å². The van der Waals surface area contributed by atoms with E-state index in [1.54, 1.807) is 11.4 Å². The second-order valence-corrected chi connectivity index (χ2v) is 8.87. The maximum atomic E-state index is 12.5. The fourth-order valence-electron chi connectivity index (χ4n) is 3.09. The molecular weight excluding hydrogens is 272 g/mol. The molecule has 5 heteroatoms. The van der Waals surface area contributed by atoms with Crippen molar-refractivity contribution in [3.8, 4) is 0 Å². The van der Waals surface area contributed by atoms with Crippen LogP contribution in [-0.4, -0.2) is 37.6 Å². The molecule has 0 unspecified atom stereocenters. The van der Waals surface area contributed by atoms with Gasteiger partial charge in [-0.3, -0.25) is 0 Å². The predicted octanol–water partition coefficient (Wildman–Crippen LogP) is 2.59. The molecule has 1 saturated carbocycles. The Hall–Kier alpha value is -0.130. The standard InChI is InChI=1S/C15H32N2O2S/c1-5-14-6-9-15(12-16,10-7-14)17(4)20(18,19)11-8-13(2)3/h13-14H,5-12,16H2,1-4H3. The van der Waals surface area contributed by atoms with Crippen LogP contribution in [0.25, 0.3) is 0 Å². The Morgan fingerprint density at radius 2 is 1.85 bits per heavy atom. The summed E-state index contributed by atoms with van der Waals surface area (Å²) in [5.41, 5.74) is 5.63. The molecule has 1 aliphatic carbocycles. The fourth-order valence-corrected chi connectivity index (χ4v) is 4.98. The van der Waals surface area contributed by atoms with Crippen molar-refractivity contribution in [1.82, 2.24) is 4.31 Å². The van der Waals surface area contributed by atoms with Crippen LogP contribution in [0.15, 0.2) is 0 Å². The molecule has 1 aliphatic rings. The molecule has 0 amide bonds. The molecular formula is C15H32N2O2S. The summed E-state index contributed by atoms with van der Waals surface area (Å²) in [6.07, 6.45) is 5.89. The Labute approximate surface area is 125 Å². The maximum absolute atomic E-state index is 12.5. The quantitative estimate of drug-likeness (QED) is 0.786. The van der Waals surface area contributed by atoms with Gasteiger partial charge in [0.2, 0.25) is 10.0 Å². The second kappa shape index (κ2) is 7.23. The van der Waals surface area contributed by atoms with E-state index in [1.807, 2.05) is 0 Å². The van der Waals surface area contributed by atoms with Crippen molar-refractivity contribution in [3.63, 3.8) is 0 Å². The van der Waals surface area contributed by atoms with Gasteiger partial charge >= 0.3 is 0 Å². The number of rotatable bonds is 7. The van der Waals surface area contributed by atoms with Crippen LogP contribution in [0.4, 0.5) is 0 Å². The molecule has 0 aliphatic heterocycles. The minimum Gasteiger partial charge on any atom is -0.329 e. The third-order valence-electron chi connectivity index (χ3n) is 5.03. The maximum Gasteiger partial charge on any atom is 0.214 e. The van der Waals surface area contributed by atoms with Gasteiger partial charge in [-0.25, -0.2) is 8.42 Å². The van der Waals surface area contributed by atoms with Gasteiger partial charge in [0.25, 0.3) is 0 Å². The summed E-state index contributed by atoms with van der Waals surface area (Å²) in [5.74, 6) is 1.38. The van der Waals surface area contributed by atoms with Crippen molar-refractivity contribution < 1.29 is 8.42 Å². The summed E-state index contributed by atoms with van der Waals surface area (Å²) in [6, 6.07) is 0. The highest BCUT2D eigenvalue weighted by molar-refractivity contribution is 7.89. The average molecular weight is 305 g/mol. The number of nitrogens with two attached hydrogens (primary N) is 1. The van der Waals surface area contributed by atoms with Gasteiger partial charge in [0.15, 0.2) is 0 Å². The number of likely N-dealkylation sites (N-methyl/N-ethyl adjacent to an activating group) is 1.